The first kappa shape index (κ1) is 14.8. The summed E-state index contributed by atoms with van der Waals surface area (Å²) in [4.78, 5) is 18.9. The second kappa shape index (κ2) is 5.78. The van der Waals surface area contributed by atoms with Crippen molar-refractivity contribution in [3.8, 4) is 11.6 Å². The number of halogens is 3. The van der Waals surface area contributed by atoms with Crippen LogP contribution in [-0.4, -0.2) is 23.0 Å². The molecular weight excluding hydrogens is 289 g/mol. The molecule has 0 radical (unpaired) electrons. The lowest BCUT2D eigenvalue weighted by atomic mass is 10.2. The number of alkyl halides is 3. The van der Waals surface area contributed by atoms with Crippen LogP contribution in [0.2, 0.25) is 0 Å². The number of ether oxygens (including phenoxy) is 2. The summed E-state index contributed by atoms with van der Waals surface area (Å²) >= 11 is 0. The molecule has 0 saturated carbocycles. The van der Waals surface area contributed by atoms with E-state index in [1.807, 2.05) is 0 Å². The average molecular weight is 298 g/mol. The normalized spacial score (nSPS) is 11.0. The van der Waals surface area contributed by atoms with E-state index in [1.54, 1.807) is 0 Å². The highest BCUT2D eigenvalue weighted by Gasteiger charge is 2.34. The van der Waals surface area contributed by atoms with E-state index in [0.29, 0.717) is 0 Å². The molecule has 2 rings (SSSR count). The van der Waals surface area contributed by atoms with E-state index in [2.05, 4.69) is 14.7 Å². The lowest BCUT2D eigenvalue weighted by Crippen LogP contribution is -2.10. The summed E-state index contributed by atoms with van der Waals surface area (Å²) in [6.07, 6.45) is -2.20. The molecule has 0 unspecified atom stereocenters. The highest BCUT2D eigenvalue weighted by molar-refractivity contribution is 5.89. The number of para-hydroxylation sites is 1. The monoisotopic (exact) mass is 298 g/mol. The van der Waals surface area contributed by atoms with Crippen LogP contribution in [0.1, 0.15) is 16.1 Å². The number of carbonyl (C=O) groups is 1. The molecule has 0 bridgehead atoms. The van der Waals surface area contributed by atoms with Crippen LogP contribution in [-0.2, 0) is 10.9 Å². The molecule has 2 aromatic rings. The zero-order valence-electron chi connectivity index (χ0n) is 10.7. The molecule has 0 amide bonds. The van der Waals surface area contributed by atoms with Gasteiger partial charge in [-0.3, -0.25) is 0 Å². The average Bonchev–Trinajstić information content (AvgIpc) is 2.46. The topological polar surface area (TPSA) is 61.3 Å². The predicted octanol–water partition coefficient (Wildman–Crippen LogP) is 3.07. The Morgan fingerprint density at radius 3 is 2.48 bits per heavy atom. The van der Waals surface area contributed by atoms with E-state index >= 15 is 0 Å². The number of carbonyl (C=O) groups excluding carboxylic acids is 1. The maximum absolute atomic E-state index is 12.9. The molecule has 0 aliphatic heterocycles. The van der Waals surface area contributed by atoms with Crippen LogP contribution in [0, 0.1) is 0 Å². The van der Waals surface area contributed by atoms with Crippen molar-refractivity contribution in [3.63, 3.8) is 0 Å². The zero-order valence-corrected chi connectivity index (χ0v) is 10.7. The minimum atomic E-state index is -4.59. The van der Waals surface area contributed by atoms with Crippen molar-refractivity contribution in [2.75, 3.05) is 7.11 Å². The zero-order chi connectivity index (χ0) is 15.5. The molecule has 0 saturated heterocycles. The number of esters is 1. The van der Waals surface area contributed by atoms with Crippen molar-refractivity contribution in [2.45, 2.75) is 6.18 Å². The van der Waals surface area contributed by atoms with E-state index in [9.17, 15) is 18.0 Å². The number of hydrogen-bond donors (Lipinski definition) is 0. The molecule has 0 fully saturated rings. The highest BCUT2D eigenvalue weighted by Crippen LogP contribution is 2.37. The van der Waals surface area contributed by atoms with Crippen LogP contribution in [0.3, 0.4) is 0 Å². The molecule has 0 atom stereocenters. The van der Waals surface area contributed by atoms with Crippen LogP contribution < -0.4 is 4.74 Å². The maximum atomic E-state index is 12.9. The third-order valence-electron chi connectivity index (χ3n) is 2.44. The van der Waals surface area contributed by atoms with Gasteiger partial charge < -0.3 is 9.47 Å². The van der Waals surface area contributed by atoms with Crippen LogP contribution in [0.5, 0.6) is 11.6 Å². The van der Waals surface area contributed by atoms with Gasteiger partial charge in [-0.05, 0) is 12.1 Å². The Hall–Kier alpha value is -2.64. The third-order valence-corrected chi connectivity index (χ3v) is 2.44. The molecule has 1 aromatic heterocycles. The fourth-order valence-corrected chi connectivity index (χ4v) is 1.53. The van der Waals surface area contributed by atoms with Gasteiger partial charge in [0.05, 0.1) is 12.7 Å². The number of rotatable bonds is 3. The number of aromatic nitrogens is 2. The molecule has 110 valence electrons. The Kier molecular flexibility index (Phi) is 4.06. The summed E-state index contributed by atoms with van der Waals surface area (Å²) in [5.74, 6) is -1.70. The van der Waals surface area contributed by atoms with E-state index in [0.717, 1.165) is 19.2 Å². The second-order valence-corrected chi connectivity index (χ2v) is 3.80. The number of benzene rings is 1. The van der Waals surface area contributed by atoms with Crippen molar-refractivity contribution < 1.29 is 27.4 Å². The Morgan fingerprint density at radius 1 is 1.14 bits per heavy atom. The first-order valence-corrected chi connectivity index (χ1v) is 5.67. The van der Waals surface area contributed by atoms with E-state index < -0.39 is 23.5 Å². The van der Waals surface area contributed by atoms with Gasteiger partial charge in [0.15, 0.2) is 0 Å². The van der Waals surface area contributed by atoms with Gasteiger partial charge >= 0.3 is 12.1 Å². The lowest BCUT2D eigenvalue weighted by Gasteiger charge is -2.13. The molecule has 0 aliphatic carbocycles. The number of methoxy groups -OCH3 is 1. The first-order valence-electron chi connectivity index (χ1n) is 5.67. The molecule has 1 aromatic carbocycles. The summed E-state index contributed by atoms with van der Waals surface area (Å²) in [7, 11) is 1.12. The van der Waals surface area contributed by atoms with Crippen molar-refractivity contribution >= 4 is 5.97 Å². The Morgan fingerprint density at radius 2 is 1.81 bits per heavy atom. The van der Waals surface area contributed by atoms with Gasteiger partial charge in [0.25, 0.3) is 5.88 Å². The Labute approximate surface area is 117 Å². The molecular formula is C13H9F3N2O3. The van der Waals surface area contributed by atoms with Crippen molar-refractivity contribution in [2.24, 2.45) is 0 Å². The molecule has 8 heteroatoms. The van der Waals surface area contributed by atoms with Crippen molar-refractivity contribution in [1.82, 2.24) is 9.97 Å². The van der Waals surface area contributed by atoms with E-state index in [-0.39, 0.29) is 11.6 Å². The van der Waals surface area contributed by atoms with Gasteiger partial charge in [-0.25, -0.2) is 14.8 Å². The molecule has 1 heterocycles. The number of nitrogens with zero attached hydrogens (tertiary/aromatic N) is 2. The largest absolute Gasteiger partial charge is 0.464 e. The van der Waals surface area contributed by atoms with Gasteiger partial charge in [-0.15, -0.1) is 0 Å². The van der Waals surface area contributed by atoms with Gasteiger partial charge in [-0.1, -0.05) is 12.1 Å². The maximum Gasteiger partial charge on any atom is 0.419 e. The second-order valence-electron chi connectivity index (χ2n) is 3.80. The number of hydrogen-bond acceptors (Lipinski definition) is 5. The first-order chi connectivity index (χ1) is 9.93. The van der Waals surface area contributed by atoms with E-state index in [4.69, 9.17) is 4.74 Å². The van der Waals surface area contributed by atoms with E-state index in [1.165, 1.54) is 24.5 Å². The molecule has 0 aliphatic rings. The minimum absolute atomic E-state index is 0.308. The smallest absolute Gasteiger partial charge is 0.419 e. The summed E-state index contributed by atoms with van der Waals surface area (Å²) < 4.78 is 48.2. The van der Waals surface area contributed by atoms with Crippen LogP contribution in [0.15, 0.2) is 36.7 Å². The van der Waals surface area contributed by atoms with Gasteiger partial charge in [0.1, 0.15) is 5.75 Å². The molecule has 5 nitrogen and oxygen atoms in total. The summed E-state index contributed by atoms with van der Waals surface area (Å²) in [6, 6.07) is 4.59. The molecule has 0 spiro atoms. The molecule has 0 N–H and O–H groups in total. The minimum Gasteiger partial charge on any atom is -0.464 e. The van der Waals surface area contributed by atoms with Gasteiger partial charge in [0, 0.05) is 12.4 Å². The van der Waals surface area contributed by atoms with Crippen LogP contribution in [0.4, 0.5) is 13.2 Å². The summed E-state index contributed by atoms with van der Waals surface area (Å²) in [5.41, 5.74) is -1.29. The van der Waals surface area contributed by atoms with Crippen LogP contribution >= 0.6 is 0 Å². The van der Waals surface area contributed by atoms with Crippen molar-refractivity contribution in [1.29, 1.82) is 0 Å². The summed E-state index contributed by atoms with van der Waals surface area (Å²) in [6.45, 7) is 0. The standard InChI is InChI=1S/C13H9F3N2O3/c1-20-12(19)10-11(18-7-6-17-10)21-9-5-3-2-4-8(9)13(14,15)16/h2-7H,1H3. The van der Waals surface area contributed by atoms with Crippen LogP contribution in [0.25, 0.3) is 0 Å². The SMILES string of the molecule is COC(=O)c1nccnc1Oc1ccccc1C(F)(F)F. The Bertz CT molecular complexity index is 659. The lowest BCUT2D eigenvalue weighted by molar-refractivity contribution is -0.138. The Balaban J connectivity index is 2.43. The van der Waals surface area contributed by atoms with Gasteiger partial charge in [-0.2, -0.15) is 13.2 Å². The quantitative estimate of drug-likeness (QED) is 0.815. The predicted molar refractivity (Wildman–Crippen MR) is 64.9 cm³/mol. The fraction of sp³-hybridized carbons (Fsp3) is 0.154. The summed E-state index contributed by atoms with van der Waals surface area (Å²) in [5, 5.41) is 0. The highest BCUT2D eigenvalue weighted by atomic mass is 19.4. The van der Waals surface area contributed by atoms with Gasteiger partial charge in [0.2, 0.25) is 5.69 Å². The molecule has 21 heavy (non-hydrogen) atoms. The third kappa shape index (κ3) is 3.28. The van der Waals surface area contributed by atoms with Crippen molar-refractivity contribution in [3.05, 3.63) is 47.9 Å². The fourth-order valence-electron chi connectivity index (χ4n) is 1.53.